The summed E-state index contributed by atoms with van der Waals surface area (Å²) in [6.45, 7) is 4.09. The van der Waals surface area contributed by atoms with E-state index >= 15 is 0 Å². The summed E-state index contributed by atoms with van der Waals surface area (Å²) in [5.41, 5.74) is -0.792. The number of hydrogen-bond acceptors (Lipinski definition) is 6. The third-order valence-corrected chi connectivity index (χ3v) is 6.13. The van der Waals surface area contributed by atoms with E-state index in [2.05, 4.69) is 5.10 Å². The zero-order valence-electron chi connectivity index (χ0n) is 20.1. The average Bonchev–Trinajstić information content (AvgIpc) is 2.88. The van der Waals surface area contributed by atoms with Crippen molar-refractivity contribution in [3.8, 4) is 5.69 Å². The third kappa shape index (κ3) is 5.12. The first-order chi connectivity index (χ1) is 17.3. The van der Waals surface area contributed by atoms with Gasteiger partial charge in [0, 0.05) is 13.1 Å². The summed E-state index contributed by atoms with van der Waals surface area (Å²) in [5, 5.41) is 4.02. The van der Waals surface area contributed by atoms with Crippen molar-refractivity contribution in [1.29, 1.82) is 0 Å². The maximum absolute atomic E-state index is 14.6. The van der Waals surface area contributed by atoms with Crippen LogP contribution in [-0.4, -0.2) is 50.8 Å². The predicted octanol–water partition coefficient (Wildman–Crippen LogP) is 2.31. The van der Waals surface area contributed by atoms with E-state index < -0.39 is 40.6 Å². The number of halogens is 1. The van der Waals surface area contributed by atoms with Gasteiger partial charge in [-0.25, -0.2) is 9.18 Å². The molecule has 4 rings (SSSR count). The smallest absolute Gasteiger partial charge is 0.352 e. The minimum atomic E-state index is -0.878. The highest BCUT2D eigenvalue weighted by molar-refractivity contribution is 5.92. The number of esters is 1. The van der Waals surface area contributed by atoms with Gasteiger partial charge in [0.25, 0.3) is 11.5 Å². The van der Waals surface area contributed by atoms with Crippen molar-refractivity contribution < 1.29 is 18.7 Å². The number of aryl methyl sites for hydroxylation is 1. The first-order valence-corrected chi connectivity index (χ1v) is 11.8. The SMILES string of the molecule is CCOC(=O)C1CCCN(C(=O)c2nn(-c3ccccc3F)c(=O)n(Cc3ccc(C)cc3)c2=O)C1. The molecule has 0 N–H and O–H groups in total. The molecule has 188 valence electrons. The second-order valence-electron chi connectivity index (χ2n) is 8.71. The predicted molar refractivity (Wildman–Crippen MR) is 130 cm³/mol. The van der Waals surface area contributed by atoms with Gasteiger partial charge in [-0.15, -0.1) is 0 Å². The van der Waals surface area contributed by atoms with Gasteiger partial charge in [0.15, 0.2) is 0 Å². The Hall–Kier alpha value is -4.08. The van der Waals surface area contributed by atoms with E-state index in [1.165, 1.54) is 23.1 Å². The Kier molecular flexibility index (Phi) is 7.42. The summed E-state index contributed by atoms with van der Waals surface area (Å²) in [5.74, 6) is -2.38. The molecule has 0 saturated carbocycles. The zero-order chi connectivity index (χ0) is 25.8. The lowest BCUT2D eigenvalue weighted by Crippen LogP contribution is -2.49. The summed E-state index contributed by atoms with van der Waals surface area (Å²) >= 11 is 0. The molecular weight excluding hydrogens is 467 g/mol. The Bertz CT molecular complexity index is 1400. The second kappa shape index (κ2) is 10.7. The number of benzene rings is 2. The number of carbonyl (C=O) groups is 2. The number of likely N-dealkylation sites (tertiary alicyclic amines) is 1. The summed E-state index contributed by atoms with van der Waals surface area (Å²) < 4.78 is 21.3. The van der Waals surface area contributed by atoms with Crippen LogP contribution in [0.1, 0.15) is 41.4 Å². The lowest BCUT2D eigenvalue weighted by Gasteiger charge is -2.31. The Morgan fingerprint density at radius 2 is 1.83 bits per heavy atom. The van der Waals surface area contributed by atoms with Crippen molar-refractivity contribution in [3.63, 3.8) is 0 Å². The van der Waals surface area contributed by atoms with Crippen LogP contribution in [0.5, 0.6) is 0 Å². The minimum absolute atomic E-state index is 0.0651. The lowest BCUT2D eigenvalue weighted by molar-refractivity contribution is -0.149. The van der Waals surface area contributed by atoms with Crippen LogP contribution in [0.3, 0.4) is 0 Å². The molecular formula is C26H27FN4O5. The average molecular weight is 495 g/mol. The fourth-order valence-electron chi connectivity index (χ4n) is 4.21. The molecule has 0 aliphatic carbocycles. The normalized spacial score (nSPS) is 15.5. The van der Waals surface area contributed by atoms with Crippen LogP contribution >= 0.6 is 0 Å². The third-order valence-electron chi connectivity index (χ3n) is 6.13. The first kappa shape index (κ1) is 25.0. The number of rotatable bonds is 6. The number of carbonyl (C=O) groups excluding carboxylic acids is 2. The van der Waals surface area contributed by atoms with E-state index in [0.29, 0.717) is 24.9 Å². The van der Waals surface area contributed by atoms with Gasteiger partial charge < -0.3 is 9.64 Å². The Balaban J connectivity index is 1.79. The highest BCUT2D eigenvalue weighted by atomic mass is 19.1. The molecule has 1 aliphatic heterocycles. The molecule has 0 bridgehead atoms. The van der Waals surface area contributed by atoms with Crippen molar-refractivity contribution in [2.24, 2.45) is 5.92 Å². The van der Waals surface area contributed by atoms with Crippen LogP contribution in [0, 0.1) is 18.7 Å². The molecule has 2 heterocycles. The van der Waals surface area contributed by atoms with Crippen molar-refractivity contribution >= 4 is 11.9 Å². The quantitative estimate of drug-likeness (QED) is 0.487. The fourth-order valence-corrected chi connectivity index (χ4v) is 4.21. The van der Waals surface area contributed by atoms with Gasteiger partial charge in [-0.05, 0) is 44.4 Å². The summed E-state index contributed by atoms with van der Waals surface area (Å²) in [7, 11) is 0. The largest absolute Gasteiger partial charge is 0.466 e. The number of piperidine rings is 1. The molecule has 0 spiro atoms. The van der Waals surface area contributed by atoms with Gasteiger partial charge in [0.2, 0.25) is 5.69 Å². The van der Waals surface area contributed by atoms with E-state index in [4.69, 9.17) is 4.74 Å². The molecule has 1 fully saturated rings. The van der Waals surface area contributed by atoms with Crippen LogP contribution in [0.2, 0.25) is 0 Å². The number of nitrogens with zero attached hydrogens (tertiary/aromatic N) is 4. The maximum Gasteiger partial charge on any atom is 0.352 e. The van der Waals surface area contributed by atoms with E-state index in [0.717, 1.165) is 20.9 Å². The number of aromatic nitrogens is 3. The van der Waals surface area contributed by atoms with Crippen LogP contribution < -0.4 is 11.2 Å². The van der Waals surface area contributed by atoms with Gasteiger partial charge in [0.05, 0.1) is 19.1 Å². The molecule has 10 heteroatoms. The number of amides is 1. The highest BCUT2D eigenvalue weighted by Crippen LogP contribution is 2.19. The molecule has 1 unspecified atom stereocenters. The summed E-state index contributed by atoms with van der Waals surface area (Å²) in [6.07, 6.45) is 1.10. The van der Waals surface area contributed by atoms with E-state index in [-0.39, 0.29) is 25.4 Å². The zero-order valence-corrected chi connectivity index (χ0v) is 20.1. The van der Waals surface area contributed by atoms with Crippen molar-refractivity contribution in [2.75, 3.05) is 19.7 Å². The van der Waals surface area contributed by atoms with Crippen LogP contribution in [0.15, 0.2) is 58.1 Å². The topological polar surface area (TPSA) is 104 Å². The van der Waals surface area contributed by atoms with Gasteiger partial charge >= 0.3 is 11.7 Å². The van der Waals surface area contributed by atoms with Gasteiger partial charge in [-0.1, -0.05) is 42.0 Å². The second-order valence-corrected chi connectivity index (χ2v) is 8.71. The molecule has 1 aliphatic rings. The van der Waals surface area contributed by atoms with Gasteiger partial charge in [-0.3, -0.25) is 19.0 Å². The standard InChI is InChI=1S/C26H27FN4O5/c1-3-36-25(34)19-7-6-14-29(16-19)23(32)22-24(33)30(15-18-12-10-17(2)11-13-18)26(35)31(28-22)21-9-5-4-8-20(21)27/h4-5,8-13,19H,3,6-7,14-16H2,1-2H3. The Morgan fingerprint density at radius 3 is 2.53 bits per heavy atom. The van der Waals surface area contributed by atoms with Crippen LogP contribution in [0.4, 0.5) is 4.39 Å². The van der Waals surface area contributed by atoms with E-state index in [1.807, 2.05) is 19.1 Å². The molecule has 0 radical (unpaired) electrons. The van der Waals surface area contributed by atoms with Gasteiger partial charge in [-0.2, -0.15) is 9.78 Å². The Labute approximate surface area is 206 Å². The molecule has 1 amide bonds. The van der Waals surface area contributed by atoms with Crippen molar-refractivity contribution in [3.05, 3.63) is 92.0 Å². The molecule has 36 heavy (non-hydrogen) atoms. The monoisotopic (exact) mass is 494 g/mol. The van der Waals surface area contributed by atoms with Gasteiger partial charge in [0.1, 0.15) is 11.5 Å². The number of ether oxygens (including phenoxy) is 1. The molecule has 2 aromatic carbocycles. The van der Waals surface area contributed by atoms with Crippen molar-refractivity contribution in [2.45, 2.75) is 33.2 Å². The fraction of sp³-hybridized carbons (Fsp3) is 0.346. The molecule has 3 aromatic rings. The number of hydrogen-bond donors (Lipinski definition) is 0. The van der Waals surface area contributed by atoms with E-state index in [9.17, 15) is 23.6 Å². The first-order valence-electron chi connectivity index (χ1n) is 11.8. The van der Waals surface area contributed by atoms with Crippen LogP contribution in [0.25, 0.3) is 5.69 Å². The lowest BCUT2D eigenvalue weighted by atomic mass is 9.98. The van der Waals surface area contributed by atoms with Crippen molar-refractivity contribution in [1.82, 2.24) is 19.2 Å². The highest BCUT2D eigenvalue weighted by Gasteiger charge is 2.32. The maximum atomic E-state index is 14.6. The molecule has 1 atom stereocenters. The summed E-state index contributed by atoms with van der Waals surface area (Å²) in [6, 6.07) is 12.7. The molecule has 1 aromatic heterocycles. The molecule has 9 nitrogen and oxygen atoms in total. The minimum Gasteiger partial charge on any atom is -0.466 e. The molecule has 1 saturated heterocycles. The number of para-hydroxylation sites is 1. The van der Waals surface area contributed by atoms with E-state index in [1.54, 1.807) is 19.1 Å². The van der Waals surface area contributed by atoms with Crippen LogP contribution in [-0.2, 0) is 16.1 Å². The Morgan fingerprint density at radius 1 is 1.11 bits per heavy atom. The summed E-state index contributed by atoms with van der Waals surface area (Å²) in [4.78, 5) is 53.7.